The minimum absolute atomic E-state index is 0.0938. The fourth-order valence-electron chi connectivity index (χ4n) is 3.00. The molecule has 4 rings (SSSR count). The summed E-state index contributed by atoms with van der Waals surface area (Å²) in [6.07, 6.45) is 3.44. The minimum Gasteiger partial charge on any atom is -0.453 e. The number of cyclic esters (lactones) is 1. The number of nitrogens with zero attached hydrogens (tertiary/aromatic N) is 1. The van der Waals surface area contributed by atoms with Crippen LogP contribution in [-0.4, -0.2) is 16.4 Å². The average Bonchev–Trinajstić information content (AvgIpc) is 3.25. The van der Waals surface area contributed by atoms with E-state index in [0.29, 0.717) is 11.3 Å². The van der Waals surface area contributed by atoms with Gasteiger partial charge in [0.1, 0.15) is 6.10 Å². The average molecular weight is 332 g/mol. The first-order chi connectivity index (χ1) is 12.2. The molecule has 0 unspecified atom stereocenters. The third kappa shape index (κ3) is 3.04. The number of nitrogens with one attached hydrogen (secondary N) is 1. The molecule has 0 spiro atoms. The Morgan fingerprint density at radius 1 is 1.04 bits per heavy atom. The van der Waals surface area contributed by atoms with Gasteiger partial charge in [-0.2, -0.15) is 0 Å². The van der Waals surface area contributed by atoms with Gasteiger partial charge in [0, 0.05) is 29.3 Å². The van der Waals surface area contributed by atoms with Gasteiger partial charge in [0.15, 0.2) is 0 Å². The number of anilines is 1. The molecule has 0 aliphatic carbocycles. The summed E-state index contributed by atoms with van der Waals surface area (Å²) in [6, 6.07) is 18.6. The molecular weight excluding hydrogens is 316 g/mol. The van der Waals surface area contributed by atoms with Gasteiger partial charge in [0.05, 0.1) is 12.0 Å². The Bertz CT molecular complexity index is 932. The summed E-state index contributed by atoms with van der Waals surface area (Å²) in [6.45, 7) is 0. The van der Waals surface area contributed by atoms with Gasteiger partial charge in [-0.3, -0.25) is 4.79 Å². The zero-order valence-electron chi connectivity index (χ0n) is 13.4. The molecule has 0 saturated heterocycles. The highest BCUT2D eigenvalue weighted by Crippen LogP contribution is 2.33. The van der Waals surface area contributed by atoms with Crippen molar-refractivity contribution >= 4 is 17.6 Å². The van der Waals surface area contributed by atoms with Crippen LogP contribution in [0.1, 0.15) is 28.4 Å². The van der Waals surface area contributed by atoms with Gasteiger partial charge in [-0.1, -0.05) is 24.3 Å². The second kappa shape index (κ2) is 6.28. The summed E-state index contributed by atoms with van der Waals surface area (Å²) in [5.74, 6) is -0.567. The molecule has 1 aliphatic rings. The number of esters is 1. The summed E-state index contributed by atoms with van der Waals surface area (Å²) in [7, 11) is 0. The summed E-state index contributed by atoms with van der Waals surface area (Å²) in [4.78, 5) is 24.2. The molecule has 1 aliphatic heterocycles. The molecule has 3 aromatic rings. The lowest BCUT2D eigenvalue weighted by Gasteiger charge is -2.12. The number of benzene rings is 2. The van der Waals surface area contributed by atoms with Crippen molar-refractivity contribution in [3.05, 3.63) is 84.2 Å². The molecule has 25 heavy (non-hydrogen) atoms. The van der Waals surface area contributed by atoms with Crippen molar-refractivity contribution in [2.24, 2.45) is 0 Å². The van der Waals surface area contributed by atoms with Gasteiger partial charge in [-0.25, -0.2) is 4.79 Å². The zero-order valence-corrected chi connectivity index (χ0v) is 13.4. The molecule has 0 bridgehead atoms. The van der Waals surface area contributed by atoms with E-state index < -0.39 is 6.10 Å². The zero-order chi connectivity index (χ0) is 17.2. The van der Waals surface area contributed by atoms with Crippen LogP contribution in [0.2, 0.25) is 0 Å². The summed E-state index contributed by atoms with van der Waals surface area (Å²) in [5, 5.41) is 2.87. The Hall–Kier alpha value is -3.34. The fourth-order valence-corrected chi connectivity index (χ4v) is 3.00. The van der Waals surface area contributed by atoms with Crippen LogP contribution in [-0.2, 0) is 9.53 Å². The third-order valence-electron chi connectivity index (χ3n) is 4.18. The Morgan fingerprint density at radius 3 is 2.68 bits per heavy atom. The van der Waals surface area contributed by atoms with Gasteiger partial charge in [0.2, 0.25) is 5.91 Å². The highest BCUT2D eigenvalue weighted by Gasteiger charge is 2.31. The molecule has 1 N–H and O–H groups in total. The summed E-state index contributed by atoms with van der Waals surface area (Å²) < 4.78 is 7.28. The van der Waals surface area contributed by atoms with E-state index in [4.69, 9.17) is 4.74 Å². The van der Waals surface area contributed by atoms with Crippen molar-refractivity contribution in [3.8, 4) is 5.69 Å². The quantitative estimate of drug-likeness (QED) is 0.741. The van der Waals surface area contributed by atoms with Crippen molar-refractivity contribution in [1.82, 2.24) is 4.57 Å². The molecule has 0 radical (unpaired) electrons. The maximum atomic E-state index is 12.4. The highest BCUT2D eigenvalue weighted by atomic mass is 16.5. The van der Waals surface area contributed by atoms with Crippen LogP contribution in [0.4, 0.5) is 5.69 Å². The number of ether oxygens (including phenoxy) is 1. The standard InChI is InChI=1S/C20H16N2O3/c23-19(13-18-16-8-1-2-9-17(16)20(24)25-18)21-14-6-5-7-15(12-14)22-10-3-4-11-22/h1-12,18H,13H2,(H,21,23)/t18-/m0/s1. The lowest BCUT2D eigenvalue weighted by Crippen LogP contribution is -2.15. The van der Waals surface area contributed by atoms with Gasteiger partial charge in [-0.05, 0) is 36.4 Å². The molecule has 0 saturated carbocycles. The van der Waals surface area contributed by atoms with Crippen molar-refractivity contribution in [1.29, 1.82) is 0 Å². The normalized spacial score (nSPS) is 15.5. The third-order valence-corrected chi connectivity index (χ3v) is 4.18. The molecule has 1 amide bonds. The van der Waals surface area contributed by atoms with E-state index in [1.807, 2.05) is 65.5 Å². The second-order valence-corrected chi connectivity index (χ2v) is 5.87. The molecule has 5 heteroatoms. The van der Waals surface area contributed by atoms with Crippen LogP contribution >= 0.6 is 0 Å². The summed E-state index contributed by atoms with van der Waals surface area (Å²) in [5.41, 5.74) is 2.97. The fraction of sp³-hybridized carbons (Fsp3) is 0.100. The highest BCUT2D eigenvalue weighted by molar-refractivity contribution is 5.96. The lowest BCUT2D eigenvalue weighted by molar-refractivity contribution is -0.118. The molecule has 0 fully saturated rings. The molecule has 2 heterocycles. The van der Waals surface area contributed by atoms with Crippen LogP contribution in [0.15, 0.2) is 73.1 Å². The first kappa shape index (κ1) is 15.2. The molecule has 1 atom stereocenters. The maximum absolute atomic E-state index is 12.4. The number of carbonyl (C=O) groups excluding carboxylic acids is 2. The van der Waals surface area contributed by atoms with Crippen molar-refractivity contribution in [3.63, 3.8) is 0 Å². The SMILES string of the molecule is O=C(C[C@@H]1OC(=O)c2ccccc21)Nc1cccc(-n2cccc2)c1. The Morgan fingerprint density at radius 2 is 1.84 bits per heavy atom. The van der Waals surface area contributed by atoms with E-state index in [2.05, 4.69) is 5.32 Å². The second-order valence-electron chi connectivity index (χ2n) is 5.87. The lowest BCUT2D eigenvalue weighted by atomic mass is 10.0. The van der Waals surface area contributed by atoms with Gasteiger partial charge in [0.25, 0.3) is 0 Å². The van der Waals surface area contributed by atoms with E-state index in [-0.39, 0.29) is 18.3 Å². The van der Waals surface area contributed by atoms with Crippen LogP contribution in [0.25, 0.3) is 5.69 Å². The Labute approximate surface area is 144 Å². The van der Waals surface area contributed by atoms with E-state index in [9.17, 15) is 9.59 Å². The molecule has 124 valence electrons. The molecule has 2 aromatic carbocycles. The van der Waals surface area contributed by atoms with Crippen LogP contribution in [0, 0.1) is 0 Å². The number of aromatic nitrogens is 1. The van der Waals surface area contributed by atoms with Gasteiger partial charge < -0.3 is 14.6 Å². The van der Waals surface area contributed by atoms with E-state index in [0.717, 1.165) is 11.3 Å². The van der Waals surface area contributed by atoms with Gasteiger partial charge in [-0.15, -0.1) is 0 Å². The number of hydrogen-bond donors (Lipinski definition) is 1. The van der Waals surface area contributed by atoms with Crippen molar-refractivity contribution in [2.75, 3.05) is 5.32 Å². The number of carbonyl (C=O) groups is 2. The molecule has 1 aromatic heterocycles. The first-order valence-electron chi connectivity index (χ1n) is 8.04. The number of rotatable bonds is 4. The maximum Gasteiger partial charge on any atom is 0.339 e. The van der Waals surface area contributed by atoms with Crippen LogP contribution in [0.3, 0.4) is 0 Å². The Kier molecular flexibility index (Phi) is 3.82. The molecule has 5 nitrogen and oxygen atoms in total. The smallest absolute Gasteiger partial charge is 0.339 e. The number of amides is 1. The van der Waals surface area contributed by atoms with Crippen molar-refractivity contribution < 1.29 is 14.3 Å². The Balaban J connectivity index is 1.47. The van der Waals surface area contributed by atoms with Crippen molar-refractivity contribution in [2.45, 2.75) is 12.5 Å². The largest absolute Gasteiger partial charge is 0.453 e. The predicted octanol–water partition coefficient (Wildman–Crippen LogP) is 3.72. The monoisotopic (exact) mass is 332 g/mol. The number of fused-ring (bicyclic) bond motifs is 1. The van der Waals surface area contributed by atoms with E-state index in [1.54, 1.807) is 12.1 Å². The molecular formula is C20H16N2O3. The first-order valence-corrected chi connectivity index (χ1v) is 8.04. The van der Waals surface area contributed by atoms with E-state index in [1.165, 1.54) is 0 Å². The minimum atomic E-state index is -0.531. The van der Waals surface area contributed by atoms with Crippen LogP contribution < -0.4 is 5.32 Å². The van der Waals surface area contributed by atoms with Gasteiger partial charge >= 0.3 is 5.97 Å². The van der Waals surface area contributed by atoms with E-state index >= 15 is 0 Å². The predicted molar refractivity (Wildman–Crippen MR) is 93.6 cm³/mol. The number of hydrogen-bond acceptors (Lipinski definition) is 3. The summed E-state index contributed by atoms with van der Waals surface area (Å²) >= 11 is 0. The van der Waals surface area contributed by atoms with Crippen LogP contribution in [0.5, 0.6) is 0 Å². The topological polar surface area (TPSA) is 60.3 Å².